The molecule has 3 rings (SSSR count). The molecule has 3 aromatic rings. The van der Waals surface area contributed by atoms with Crippen molar-refractivity contribution in [3.63, 3.8) is 0 Å². The quantitative estimate of drug-likeness (QED) is 0.585. The molecule has 0 aliphatic rings. The van der Waals surface area contributed by atoms with Crippen LogP contribution in [-0.4, -0.2) is 25.4 Å². The van der Waals surface area contributed by atoms with Crippen LogP contribution >= 0.6 is 0 Å². The summed E-state index contributed by atoms with van der Waals surface area (Å²) in [5.74, 6) is -3.54. The third-order valence-corrected chi connectivity index (χ3v) is 4.97. The summed E-state index contributed by atoms with van der Waals surface area (Å²) in [5.41, 5.74) is 0.662. The molecule has 2 N–H and O–H groups in total. The molecule has 2 aromatic carbocycles. The van der Waals surface area contributed by atoms with Gasteiger partial charge in [-0.25, -0.2) is 21.6 Å². The van der Waals surface area contributed by atoms with Gasteiger partial charge in [0, 0.05) is 17.7 Å². The van der Waals surface area contributed by atoms with E-state index in [0.29, 0.717) is 11.8 Å². The molecule has 1 aromatic heterocycles. The van der Waals surface area contributed by atoms with Gasteiger partial charge in [0.25, 0.3) is 0 Å². The topological polar surface area (TPSA) is 79.0 Å². The predicted octanol–water partition coefficient (Wildman–Crippen LogP) is 4.19. The molecule has 0 aliphatic carbocycles. The number of carbonyl (C=O) groups is 1. The summed E-state index contributed by atoms with van der Waals surface area (Å²) in [5, 5.41) is 0. The van der Waals surface area contributed by atoms with Crippen LogP contribution < -0.4 is 4.72 Å². The van der Waals surface area contributed by atoms with E-state index in [-0.39, 0.29) is 22.5 Å². The summed E-state index contributed by atoms with van der Waals surface area (Å²) in [7, 11) is -3.53. The number of benzene rings is 2. The molecular formula is C20H17F3N2O3S. The van der Waals surface area contributed by atoms with E-state index in [9.17, 15) is 26.4 Å². The molecule has 0 saturated carbocycles. The van der Waals surface area contributed by atoms with Crippen molar-refractivity contribution in [2.45, 2.75) is 12.8 Å². The Hall–Kier alpha value is -3.07. The molecule has 0 amide bonds. The summed E-state index contributed by atoms with van der Waals surface area (Å²) >= 11 is 0. The van der Waals surface area contributed by atoms with E-state index in [1.165, 1.54) is 18.2 Å². The second-order valence-electron chi connectivity index (χ2n) is 6.61. The third kappa shape index (κ3) is 4.68. The van der Waals surface area contributed by atoms with Crippen LogP contribution in [0.25, 0.3) is 0 Å². The first-order chi connectivity index (χ1) is 13.5. The number of hydrogen-bond donors (Lipinski definition) is 2. The molecule has 0 spiro atoms. The van der Waals surface area contributed by atoms with Gasteiger partial charge in [0.2, 0.25) is 15.8 Å². The number of carbonyl (C=O) groups excluding carboxylic acids is 1. The Kier molecular flexibility index (Phi) is 5.52. The van der Waals surface area contributed by atoms with E-state index >= 15 is 0 Å². The SMILES string of the molecule is CC(c1ccc(C(=O)c2ccc(F)cc2F)[nH]1)c1ccc(NS(C)(=O)=O)cc1F. The first-order valence-corrected chi connectivity index (χ1v) is 10.4. The van der Waals surface area contributed by atoms with Crippen LogP contribution in [-0.2, 0) is 10.0 Å². The molecule has 1 heterocycles. The fourth-order valence-corrected chi connectivity index (χ4v) is 3.49. The van der Waals surface area contributed by atoms with E-state index in [0.717, 1.165) is 24.5 Å². The summed E-state index contributed by atoms with van der Waals surface area (Å²) in [6.45, 7) is 1.70. The van der Waals surface area contributed by atoms with Crippen molar-refractivity contribution in [1.29, 1.82) is 0 Å². The molecule has 9 heteroatoms. The zero-order chi connectivity index (χ0) is 21.3. The van der Waals surface area contributed by atoms with E-state index in [4.69, 9.17) is 0 Å². The second-order valence-corrected chi connectivity index (χ2v) is 8.36. The highest BCUT2D eigenvalue weighted by Crippen LogP contribution is 2.28. The maximum absolute atomic E-state index is 14.5. The minimum Gasteiger partial charge on any atom is -0.355 e. The van der Waals surface area contributed by atoms with E-state index in [1.54, 1.807) is 13.0 Å². The van der Waals surface area contributed by atoms with Crippen molar-refractivity contribution in [1.82, 2.24) is 4.98 Å². The van der Waals surface area contributed by atoms with E-state index in [2.05, 4.69) is 9.71 Å². The summed E-state index contributed by atoms with van der Waals surface area (Å²) < 4.78 is 66.1. The van der Waals surface area contributed by atoms with Crippen molar-refractivity contribution in [3.8, 4) is 0 Å². The van der Waals surface area contributed by atoms with Crippen LogP contribution in [0.2, 0.25) is 0 Å². The van der Waals surface area contributed by atoms with Crippen molar-refractivity contribution >= 4 is 21.5 Å². The fourth-order valence-electron chi connectivity index (χ4n) is 2.94. The summed E-state index contributed by atoms with van der Waals surface area (Å²) in [4.78, 5) is 15.3. The number of H-pyrrole nitrogens is 1. The van der Waals surface area contributed by atoms with Crippen LogP contribution in [0.4, 0.5) is 18.9 Å². The molecule has 0 bridgehead atoms. The number of aromatic nitrogens is 1. The van der Waals surface area contributed by atoms with Gasteiger partial charge in [0.1, 0.15) is 17.5 Å². The minimum absolute atomic E-state index is 0.0770. The highest BCUT2D eigenvalue weighted by Gasteiger charge is 2.20. The number of nitrogens with one attached hydrogen (secondary N) is 2. The summed E-state index contributed by atoms with van der Waals surface area (Å²) in [6, 6.07) is 9.62. The van der Waals surface area contributed by atoms with Gasteiger partial charge in [-0.2, -0.15) is 0 Å². The molecule has 29 heavy (non-hydrogen) atoms. The van der Waals surface area contributed by atoms with Gasteiger partial charge >= 0.3 is 0 Å². The Labute approximate surface area is 165 Å². The molecule has 1 unspecified atom stereocenters. The van der Waals surface area contributed by atoms with Crippen LogP contribution in [0.3, 0.4) is 0 Å². The molecule has 5 nitrogen and oxygen atoms in total. The van der Waals surface area contributed by atoms with Gasteiger partial charge in [-0.1, -0.05) is 13.0 Å². The maximum atomic E-state index is 14.5. The standard InChI is InChI=1S/C20H17F3N2O3S/c1-11(14-6-4-13(10-17(14)23)25-29(2,27)28)18-7-8-19(24-18)20(26)15-5-3-12(21)9-16(15)22/h3-11,24-25H,1-2H3. The van der Waals surface area contributed by atoms with Gasteiger partial charge in [0.05, 0.1) is 23.2 Å². The van der Waals surface area contributed by atoms with Crippen molar-refractivity contribution in [2.75, 3.05) is 11.0 Å². The van der Waals surface area contributed by atoms with Gasteiger partial charge < -0.3 is 4.98 Å². The fraction of sp³-hybridized carbons (Fsp3) is 0.150. The molecule has 0 fully saturated rings. The molecule has 0 aliphatic heterocycles. The third-order valence-electron chi connectivity index (χ3n) is 4.37. The van der Waals surface area contributed by atoms with Crippen molar-refractivity contribution < 1.29 is 26.4 Å². The highest BCUT2D eigenvalue weighted by molar-refractivity contribution is 7.92. The molecule has 152 valence electrons. The zero-order valence-electron chi connectivity index (χ0n) is 15.5. The predicted molar refractivity (Wildman–Crippen MR) is 103 cm³/mol. The largest absolute Gasteiger partial charge is 0.355 e. The molecule has 0 saturated heterocycles. The number of hydrogen-bond acceptors (Lipinski definition) is 3. The van der Waals surface area contributed by atoms with Crippen LogP contribution in [0, 0.1) is 17.5 Å². The number of rotatable bonds is 6. The highest BCUT2D eigenvalue weighted by atomic mass is 32.2. The average Bonchev–Trinajstić information content (AvgIpc) is 3.09. The zero-order valence-corrected chi connectivity index (χ0v) is 16.3. The number of aromatic amines is 1. The Balaban J connectivity index is 1.85. The lowest BCUT2D eigenvalue weighted by Gasteiger charge is -2.13. The molecular weight excluding hydrogens is 405 g/mol. The maximum Gasteiger partial charge on any atom is 0.229 e. The Morgan fingerprint density at radius 1 is 1.00 bits per heavy atom. The Bertz CT molecular complexity index is 1190. The molecule has 1 atom stereocenters. The smallest absolute Gasteiger partial charge is 0.229 e. The minimum atomic E-state index is -3.53. The summed E-state index contributed by atoms with van der Waals surface area (Å²) in [6.07, 6.45) is 0.961. The average molecular weight is 422 g/mol. The normalized spacial score (nSPS) is 12.6. The van der Waals surface area contributed by atoms with Crippen molar-refractivity contribution in [2.24, 2.45) is 0 Å². The van der Waals surface area contributed by atoms with Gasteiger partial charge in [0.15, 0.2) is 0 Å². The van der Waals surface area contributed by atoms with Gasteiger partial charge in [-0.15, -0.1) is 0 Å². The lowest BCUT2D eigenvalue weighted by Crippen LogP contribution is -2.10. The lowest BCUT2D eigenvalue weighted by atomic mass is 9.97. The van der Waals surface area contributed by atoms with Crippen LogP contribution in [0.1, 0.15) is 40.2 Å². The van der Waals surface area contributed by atoms with E-state index in [1.807, 2.05) is 0 Å². The number of halogens is 3. The number of sulfonamides is 1. The monoisotopic (exact) mass is 422 g/mol. The number of anilines is 1. The first-order valence-electron chi connectivity index (χ1n) is 8.51. The first kappa shape index (κ1) is 20.7. The second kappa shape index (κ2) is 7.75. The van der Waals surface area contributed by atoms with E-state index < -0.39 is 39.2 Å². The lowest BCUT2D eigenvalue weighted by molar-refractivity contribution is 0.103. The Morgan fingerprint density at radius 3 is 2.34 bits per heavy atom. The Morgan fingerprint density at radius 2 is 1.72 bits per heavy atom. The van der Waals surface area contributed by atoms with Crippen LogP contribution in [0.5, 0.6) is 0 Å². The van der Waals surface area contributed by atoms with Crippen LogP contribution in [0.15, 0.2) is 48.5 Å². The van der Waals surface area contributed by atoms with Gasteiger partial charge in [-0.3, -0.25) is 9.52 Å². The van der Waals surface area contributed by atoms with Crippen molar-refractivity contribution in [3.05, 3.63) is 88.5 Å². The molecule has 0 radical (unpaired) electrons. The van der Waals surface area contributed by atoms with Gasteiger partial charge in [-0.05, 0) is 42.0 Å². The number of ketones is 1.